The van der Waals surface area contributed by atoms with Gasteiger partial charge in [0.25, 0.3) is 0 Å². The van der Waals surface area contributed by atoms with Gasteiger partial charge in [-0.05, 0) is 6.42 Å². The maximum atomic E-state index is 12.4. The first kappa shape index (κ1) is 16.2. The van der Waals surface area contributed by atoms with Gasteiger partial charge in [-0.2, -0.15) is 35.1 Å². The highest BCUT2D eigenvalue weighted by molar-refractivity contribution is 14.1. The van der Waals surface area contributed by atoms with Gasteiger partial charge in [0.1, 0.15) is 0 Å². The van der Waals surface area contributed by atoms with Crippen LogP contribution in [0.25, 0.3) is 0 Å². The monoisotopic (exact) mass is 370 g/mol. The second-order valence-corrected chi connectivity index (χ2v) is 4.20. The highest BCUT2D eigenvalue weighted by Gasteiger charge is 2.60. The van der Waals surface area contributed by atoms with E-state index in [-0.39, 0.29) is 4.43 Å². The van der Waals surface area contributed by atoms with Gasteiger partial charge in [0.15, 0.2) is 0 Å². The lowest BCUT2D eigenvalue weighted by atomic mass is 9.97. The van der Waals surface area contributed by atoms with Crippen LogP contribution in [0.1, 0.15) is 12.8 Å². The van der Waals surface area contributed by atoms with Crippen molar-refractivity contribution in [2.45, 2.75) is 31.1 Å². The molecule has 0 aliphatic carbocycles. The van der Waals surface area contributed by atoms with E-state index in [9.17, 15) is 35.1 Å². The molecule has 0 aliphatic heterocycles. The fourth-order valence-electron chi connectivity index (χ4n) is 0.938. The number of halogens is 9. The number of alkyl halides is 9. The molecule has 0 aromatic heterocycles. The summed E-state index contributed by atoms with van der Waals surface area (Å²) in [6.45, 7) is 0. The molecule has 0 amide bonds. The lowest BCUT2D eigenvalue weighted by molar-refractivity contribution is -0.299. The molecule has 0 radical (unpaired) electrons. The molecule has 1 unspecified atom stereocenters. The van der Waals surface area contributed by atoms with Gasteiger partial charge in [-0.25, -0.2) is 0 Å². The third kappa shape index (κ3) is 4.58. The van der Waals surface area contributed by atoms with Gasteiger partial charge in [-0.1, -0.05) is 22.6 Å². The Morgan fingerprint density at radius 1 is 0.875 bits per heavy atom. The summed E-state index contributed by atoms with van der Waals surface area (Å²) in [6.07, 6.45) is -14.0. The molecule has 16 heavy (non-hydrogen) atoms. The summed E-state index contributed by atoms with van der Waals surface area (Å²) >= 11 is 1.49. The molecule has 98 valence electrons. The van der Waals surface area contributed by atoms with Crippen LogP contribution in [0.5, 0.6) is 0 Å². The van der Waals surface area contributed by atoms with Crippen LogP contribution < -0.4 is 0 Å². The Balaban J connectivity index is 4.76. The molecule has 0 heterocycles. The lowest BCUT2D eigenvalue weighted by Crippen LogP contribution is -2.41. The van der Waals surface area contributed by atoms with E-state index in [1.54, 1.807) is 0 Å². The van der Waals surface area contributed by atoms with Crippen LogP contribution >= 0.6 is 22.6 Å². The second kappa shape index (κ2) is 5.21. The molecule has 0 rings (SSSR count). The molecule has 0 saturated carbocycles. The van der Waals surface area contributed by atoms with Gasteiger partial charge in [0.2, 0.25) is 0 Å². The van der Waals surface area contributed by atoms with E-state index in [4.69, 9.17) is 0 Å². The van der Waals surface area contributed by atoms with E-state index in [0.29, 0.717) is 0 Å². The van der Waals surface area contributed by atoms with Gasteiger partial charge >= 0.3 is 18.3 Å². The van der Waals surface area contributed by atoms with E-state index in [2.05, 4.69) is 0 Å². The zero-order valence-corrected chi connectivity index (χ0v) is 9.76. The summed E-state index contributed by atoms with van der Waals surface area (Å²) in [7, 11) is 0. The van der Waals surface area contributed by atoms with Crippen molar-refractivity contribution in [3.8, 4) is 0 Å². The van der Waals surface area contributed by atoms with Crippen LogP contribution in [0.4, 0.5) is 35.1 Å². The maximum Gasteiger partial charge on any atom is 0.453 e. The van der Waals surface area contributed by atoms with Crippen LogP contribution in [0.2, 0.25) is 0 Å². The van der Waals surface area contributed by atoms with Crippen molar-refractivity contribution in [2.75, 3.05) is 4.43 Å². The SMILES string of the molecule is FC(F)(F)C(CCI)CC(F)(F)C(F)(F)F. The van der Waals surface area contributed by atoms with Crippen LogP contribution in [0.3, 0.4) is 0 Å². The molecule has 1 atom stereocenters. The van der Waals surface area contributed by atoms with Crippen molar-refractivity contribution in [2.24, 2.45) is 5.92 Å². The van der Waals surface area contributed by atoms with E-state index in [1.807, 2.05) is 0 Å². The number of rotatable bonds is 4. The Hall–Kier alpha value is 0.170. The molecule has 0 nitrogen and oxygen atoms in total. The van der Waals surface area contributed by atoms with Crippen molar-refractivity contribution in [3.05, 3.63) is 0 Å². The molecule has 0 aliphatic rings. The average Bonchev–Trinajstić information content (AvgIpc) is 1.99. The third-order valence-electron chi connectivity index (χ3n) is 1.84. The van der Waals surface area contributed by atoms with Crippen LogP contribution in [-0.2, 0) is 0 Å². The topological polar surface area (TPSA) is 0 Å². The fraction of sp³-hybridized carbons (Fsp3) is 1.00. The summed E-state index contributed by atoms with van der Waals surface area (Å²) in [5.74, 6) is -7.94. The van der Waals surface area contributed by atoms with Gasteiger partial charge in [-0.15, -0.1) is 0 Å². The van der Waals surface area contributed by atoms with Gasteiger partial charge in [0.05, 0.1) is 5.92 Å². The highest BCUT2D eigenvalue weighted by Crippen LogP contribution is 2.44. The molecule has 0 saturated heterocycles. The minimum atomic E-state index is -5.94. The quantitative estimate of drug-likeness (QED) is 0.386. The predicted molar refractivity (Wildman–Crippen MR) is 48.7 cm³/mol. The average molecular weight is 370 g/mol. The normalized spacial score (nSPS) is 16.3. The minimum Gasteiger partial charge on any atom is -0.196 e. The molecular formula is C7H7F8I. The summed E-state index contributed by atoms with van der Waals surface area (Å²) in [4.78, 5) is 0. The summed E-state index contributed by atoms with van der Waals surface area (Å²) in [5, 5.41) is 0. The zero-order chi connectivity index (χ0) is 13.2. The molecule has 0 N–H and O–H groups in total. The predicted octanol–water partition coefficient (Wildman–Crippen LogP) is 4.58. The molecular weight excluding hydrogens is 363 g/mol. The first-order valence-electron chi connectivity index (χ1n) is 3.99. The third-order valence-corrected chi connectivity index (χ3v) is 2.46. The molecule has 0 spiro atoms. The highest BCUT2D eigenvalue weighted by atomic mass is 127. The lowest BCUT2D eigenvalue weighted by Gasteiger charge is -2.26. The largest absolute Gasteiger partial charge is 0.453 e. The van der Waals surface area contributed by atoms with E-state index >= 15 is 0 Å². The molecule has 0 fully saturated rings. The van der Waals surface area contributed by atoms with Crippen molar-refractivity contribution < 1.29 is 35.1 Å². The summed E-state index contributed by atoms with van der Waals surface area (Å²) in [5.41, 5.74) is 0. The zero-order valence-electron chi connectivity index (χ0n) is 7.60. The molecule has 0 aromatic rings. The van der Waals surface area contributed by atoms with E-state index in [0.717, 1.165) is 0 Å². The van der Waals surface area contributed by atoms with E-state index in [1.165, 1.54) is 22.6 Å². The first-order valence-corrected chi connectivity index (χ1v) is 5.51. The van der Waals surface area contributed by atoms with E-state index < -0.39 is 37.0 Å². The smallest absolute Gasteiger partial charge is 0.196 e. The van der Waals surface area contributed by atoms with Crippen molar-refractivity contribution in [1.82, 2.24) is 0 Å². The number of hydrogen-bond donors (Lipinski definition) is 0. The number of hydrogen-bond acceptors (Lipinski definition) is 0. The Morgan fingerprint density at radius 3 is 1.56 bits per heavy atom. The van der Waals surface area contributed by atoms with Crippen LogP contribution in [-0.4, -0.2) is 22.7 Å². The minimum absolute atomic E-state index is 0.143. The Morgan fingerprint density at radius 2 is 1.31 bits per heavy atom. The Labute approximate surface area is 99.5 Å². The summed E-state index contributed by atoms with van der Waals surface area (Å²) in [6, 6.07) is 0. The first-order chi connectivity index (χ1) is 6.92. The Kier molecular flexibility index (Phi) is 5.27. The van der Waals surface area contributed by atoms with Crippen LogP contribution in [0.15, 0.2) is 0 Å². The van der Waals surface area contributed by atoms with Crippen molar-refractivity contribution >= 4 is 22.6 Å². The molecule has 0 bridgehead atoms. The van der Waals surface area contributed by atoms with Crippen LogP contribution in [0, 0.1) is 5.92 Å². The van der Waals surface area contributed by atoms with Gasteiger partial charge < -0.3 is 0 Å². The van der Waals surface area contributed by atoms with Gasteiger partial charge in [0, 0.05) is 10.8 Å². The Bertz CT molecular complexity index is 217. The summed E-state index contributed by atoms with van der Waals surface area (Å²) < 4.78 is 96.1. The standard InChI is InChI=1S/C7H7F8I/c8-5(9,7(13,14)15)3-4(1-2-16)6(10,11)12/h4H,1-3H2. The molecule has 9 heteroatoms. The van der Waals surface area contributed by atoms with Crippen molar-refractivity contribution in [1.29, 1.82) is 0 Å². The maximum absolute atomic E-state index is 12.4. The molecule has 0 aromatic carbocycles. The van der Waals surface area contributed by atoms with Gasteiger partial charge in [-0.3, -0.25) is 0 Å². The second-order valence-electron chi connectivity index (χ2n) is 3.12. The fourth-order valence-corrected chi connectivity index (χ4v) is 1.69. The van der Waals surface area contributed by atoms with Crippen molar-refractivity contribution in [3.63, 3.8) is 0 Å².